The van der Waals surface area contributed by atoms with E-state index in [1.165, 1.54) is 4.90 Å². The predicted octanol–water partition coefficient (Wildman–Crippen LogP) is 2.39. The summed E-state index contributed by atoms with van der Waals surface area (Å²) in [7, 11) is 3.10. The van der Waals surface area contributed by atoms with E-state index < -0.39 is 11.9 Å². The summed E-state index contributed by atoms with van der Waals surface area (Å²) < 4.78 is 5.35. The number of halogens is 1. The first-order chi connectivity index (χ1) is 10.3. The minimum atomic E-state index is -0.937. The second-order valence-electron chi connectivity index (χ2n) is 5.09. The molecular formula is C15H21ClN2O4. The second-order valence-corrected chi connectivity index (χ2v) is 5.52. The summed E-state index contributed by atoms with van der Waals surface area (Å²) >= 11 is 5.94. The van der Waals surface area contributed by atoms with Crippen molar-refractivity contribution in [3.05, 3.63) is 34.9 Å². The van der Waals surface area contributed by atoms with Crippen LogP contribution in [0.15, 0.2) is 24.3 Å². The Morgan fingerprint density at radius 1 is 1.45 bits per heavy atom. The summed E-state index contributed by atoms with van der Waals surface area (Å²) in [5.74, 6) is -1.56. The van der Waals surface area contributed by atoms with Crippen molar-refractivity contribution in [3.8, 4) is 0 Å². The molecule has 22 heavy (non-hydrogen) atoms. The standard InChI is InChI=1S/C15H21ClN2O4/c1-10(14(19)20)9-18(2)15(21)17-8-13(22-3)11-5-4-6-12(16)7-11/h4-7,10,13H,8-9H2,1-3H3,(H,17,21)(H,19,20). The van der Waals surface area contributed by atoms with Crippen LogP contribution in [0, 0.1) is 5.92 Å². The average Bonchev–Trinajstić information content (AvgIpc) is 2.47. The van der Waals surface area contributed by atoms with Crippen LogP contribution in [0.5, 0.6) is 0 Å². The molecule has 1 rings (SSSR count). The van der Waals surface area contributed by atoms with Gasteiger partial charge in [-0.2, -0.15) is 0 Å². The predicted molar refractivity (Wildman–Crippen MR) is 84.0 cm³/mol. The Hall–Kier alpha value is -1.79. The highest BCUT2D eigenvalue weighted by Crippen LogP contribution is 2.19. The lowest BCUT2D eigenvalue weighted by Gasteiger charge is -2.22. The van der Waals surface area contributed by atoms with Gasteiger partial charge in [0.25, 0.3) is 0 Å². The monoisotopic (exact) mass is 328 g/mol. The van der Waals surface area contributed by atoms with E-state index in [0.717, 1.165) is 5.56 Å². The number of aliphatic carboxylic acids is 1. The van der Waals surface area contributed by atoms with Gasteiger partial charge in [0.05, 0.1) is 12.0 Å². The SMILES string of the molecule is COC(CNC(=O)N(C)CC(C)C(=O)O)c1cccc(Cl)c1. The molecule has 2 atom stereocenters. The number of ether oxygens (including phenoxy) is 1. The molecule has 0 aliphatic carbocycles. The molecule has 1 aromatic carbocycles. The van der Waals surface area contributed by atoms with Crippen LogP contribution in [-0.4, -0.2) is 49.3 Å². The number of urea groups is 1. The molecule has 0 aromatic heterocycles. The van der Waals surface area contributed by atoms with Crippen LogP contribution < -0.4 is 5.32 Å². The Balaban J connectivity index is 2.55. The molecule has 0 saturated heterocycles. The zero-order valence-electron chi connectivity index (χ0n) is 12.9. The third kappa shape index (κ3) is 5.54. The number of amides is 2. The van der Waals surface area contributed by atoms with E-state index in [-0.39, 0.29) is 25.2 Å². The topological polar surface area (TPSA) is 78.9 Å². The highest BCUT2D eigenvalue weighted by Gasteiger charge is 2.18. The van der Waals surface area contributed by atoms with Gasteiger partial charge in [0.15, 0.2) is 0 Å². The summed E-state index contributed by atoms with van der Waals surface area (Å²) in [6.07, 6.45) is -0.326. The maximum absolute atomic E-state index is 12.0. The number of hydrogen-bond donors (Lipinski definition) is 2. The molecule has 2 N–H and O–H groups in total. The highest BCUT2D eigenvalue weighted by molar-refractivity contribution is 6.30. The lowest BCUT2D eigenvalue weighted by Crippen LogP contribution is -2.42. The third-order valence-corrected chi connectivity index (χ3v) is 3.49. The van der Waals surface area contributed by atoms with Gasteiger partial charge in [-0.3, -0.25) is 4.79 Å². The van der Waals surface area contributed by atoms with E-state index in [0.29, 0.717) is 5.02 Å². The molecule has 0 fully saturated rings. The fourth-order valence-electron chi connectivity index (χ4n) is 1.93. The average molecular weight is 329 g/mol. The number of carbonyl (C=O) groups is 2. The van der Waals surface area contributed by atoms with Crippen molar-refractivity contribution < 1.29 is 19.4 Å². The van der Waals surface area contributed by atoms with Crippen molar-refractivity contribution in [2.24, 2.45) is 5.92 Å². The first-order valence-electron chi connectivity index (χ1n) is 6.85. The van der Waals surface area contributed by atoms with Gasteiger partial charge in [0, 0.05) is 32.3 Å². The maximum atomic E-state index is 12.0. The van der Waals surface area contributed by atoms with Gasteiger partial charge in [0.2, 0.25) is 0 Å². The molecule has 1 aromatic rings. The summed E-state index contributed by atoms with van der Waals surface area (Å²) in [6, 6.07) is 6.86. The Labute approximate surface area is 135 Å². The van der Waals surface area contributed by atoms with Crippen LogP contribution in [0.4, 0.5) is 4.79 Å². The number of rotatable bonds is 7. The smallest absolute Gasteiger partial charge is 0.317 e. The van der Waals surface area contributed by atoms with Crippen LogP contribution in [0.1, 0.15) is 18.6 Å². The van der Waals surface area contributed by atoms with E-state index in [2.05, 4.69) is 5.32 Å². The normalized spacial score (nSPS) is 13.3. The van der Waals surface area contributed by atoms with Crippen LogP contribution >= 0.6 is 11.6 Å². The van der Waals surface area contributed by atoms with E-state index in [1.54, 1.807) is 33.2 Å². The van der Waals surface area contributed by atoms with Crippen molar-refractivity contribution in [3.63, 3.8) is 0 Å². The fraction of sp³-hybridized carbons (Fsp3) is 0.467. The summed E-state index contributed by atoms with van der Waals surface area (Å²) in [5.41, 5.74) is 0.858. The number of nitrogens with one attached hydrogen (secondary N) is 1. The van der Waals surface area contributed by atoms with Crippen LogP contribution in [0.2, 0.25) is 5.02 Å². The molecule has 2 amide bonds. The summed E-state index contributed by atoms with van der Waals surface area (Å²) in [4.78, 5) is 24.1. The Kier molecular flexibility index (Phi) is 7.14. The molecule has 0 saturated carbocycles. The number of carboxylic acid groups (broad SMARTS) is 1. The molecule has 2 unspecified atom stereocenters. The number of hydrogen-bond acceptors (Lipinski definition) is 3. The largest absolute Gasteiger partial charge is 0.481 e. The number of methoxy groups -OCH3 is 1. The van der Waals surface area contributed by atoms with Crippen molar-refractivity contribution in [1.29, 1.82) is 0 Å². The van der Waals surface area contributed by atoms with Gasteiger partial charge in [0.1, 0.15) is 0 Å². The van der Waals surface area contributed by atoms with E-state index in [4.69, 9.17) is 21.4 Å². The van der Waals surface area contributed by atoms with Gasteiger partial charge < -0.3 is 20.1 Å². The second kappa shape index (κ2) is 8.60. The first kappa shape index (κ1) is 18.3. The summed E-state index contributed by atoms with van der Waals surface area (Å²) in [6.45, 7) is 1.95. The Morgan fingerprint density at radius 3 is 2.68 bits per heavy atom. The first-order valence-corrected chi connectivity index (χ1v) is 7.23. The Bertz CT molecular complexity index is 524. The number of carboxylic acids is 1. The highest BCUT2D eigenvalue weighted by atomic mass is 35.5. The number of benzene rings is 1. The lowest BCUT2D eigenvalue weighted by molar-refractivity contribution is -0.141. The lowest BCUT2D eigenvalue weighted by atomic mass is 10.1. The molecule has 0 bridgehead atoms. The zero-order valence-corrected chi connectivity index (χ0v) is 13.6. The molecule has 0 aliphatic rings. The van der Waals surface area contributed by atoms with Gasteiger partial charge in [-0.1, -0.05) is 30.7 Å². The minimum absolute atomic E-state index is 0.135. The number of carbonyl (C=O) groups excluding carboxylic acids is 1. The summed E-state index contributed by atoms with van der Waals surface area (Å²) in [5, 5.41) is 12.2. The van der Waals surface area contributed by atoms with Crippen molar-refractivity contribution >= 4 is 23.6 Å². The Morgan fingerprint density at radius 2 is 2.14 bits per heavy atom. The third-order valence-electron chi connectivity index (χ3n) is 3.26. The zero-order chi connectivity index (χ0) is 16.7. The fourth-order valence-corrected chi connectivity index (χ4v) is 2.13. The van der Waals surface area contributed by atoms with E-state index >= 15 is 0 Å². The van der Waals surface area contributed by atoms with E-state index in [1.807, 2.05) is 12.1 Å². The van der Waals surface area contributed by atoms with Gasteiger partial charge in [-0.05, 0) is 17.7 Å². The van der Waals surface area contributed by atoms with Gasteiger partial charge in [-0.15, -0.1) is 0 Å². The van der Waals surface area contributed by atoms with Gasteiger partial charge in [-0.25, -0.2) is 4.79 Å². The van der Waals surface area contributed by atoms with E-state index in [9.17, 15) is 9.59 Å². The quantitative estimate of drug-likeness (QED) is 0.805. The molecule has 0 aliphatic heterocycles. The molecule has 0 spiro atoms. The number of nitrogens with zero attached hydrogens (tertiary/aromatic N) is 1. The van der Waals surface area contributed by atoms with Crippen LogP contribution in [0.25, 0.3) is 0 Å². The minimum Gasteiger partial charge on any atom is -0.481 e. The maximum Gasteiger partial charge on any atom is 0.317 e. The molecule has 0 radical (unpaired) electrons. The molecule has 6 nitrogen and oxygen atoms in total. The van der Waals surface area contributed by atoms with Crippen LogP contribution in [0.3, 0.4) is 0 Å². The molecule has 0 heterocycles. The van der Waals surface area contributed by atoms with Gasteiger partial charge >= 0.3 is 12.0 Å². The molecule has 7 heteroatoms. The van der Waals surface area contributed by atoms with Crippen LogP contribution in [-0.2, 0) is 9.53 Å². The van der Waals surface area contributed by atoms with Crippen molar-refractivity contribution in [2.45, 2.75) is 13.0 Å². The molecular weight excluding hydrogens is 308 g/mol. The van der Waals surface area contributed by atoms with Crippen molar-refractivity contribution in [1.82, 2.24) is 10.2 Å². The molecule has 122 valence electrons. The van der Waals surface area contributed by atoms with Crippen molar-refractivity contribution in [2.75, 3.05) is 27.2 Å².